The molecule has 102 valence electrons. The molecule has 0 fully saturated rings. The van der Waals surface area contributed by atoms with Crippen LogP contribution in [-0.2, 0) is 0 Å². The van der Waals surface area contributed by atoms with Crippen molar-refractivity contribution in [2.45, 2.75) is 58.9 Å². The maximum absolute atomic E-state index is 6.21. The van der Waals surface area contributed by atoms with Gasteiger partial charge >= 0.3 is 0 Å². The Morgan fingerprint density at radius 1 is 0.944 bits per heavy atom. The van der Waals surface area contributed by atoms with Gasteiger partial charge in [0.25, 0.3) is 0 Å². The second-order valence-electron chi connectivity index (χ2n) is 6.50. The first-order valence-corrected chi connectivity index (χ1v) is 9.48. The van der Waals surface area contributed by atoms with Crippen molar-refractivity contribution >= 4 is 8.32 Å². The van der Waals surface area contributed by atoms with E-state index in [2.05, 4.69) is 33.9 Å². The Labute approximate surface area is 112 Å². The summed E-state index contributed by atoms with van der Waals surface area (Å²) in [6.07, 6.45) is 0.206. The van der Waals surface area contributed by atoms with Crippen molar-refractivity contribution in [2.24, 2.45) is 0 Å². The molecule has 0 atom stereocenters. The van der Waals surface area contributed by atoms with Gasteiger partial charge in [0.1, 0.15) is 11.5 Å². The van der Waals surface area contributed by atoms with E-state index >= 15 is 0 Å². The van der Waals surface area contributed by atoms with Crippen molar-refractivity contribution in [3.05, 3.63) is 24.3 Å². The first-order chi connectivity index (χ1) is 8.12. The normalized spacial score (nSPS) is 12.7. The van der Waals surface area contributed by atoms with Gasteiger partial charge in [-0.15, -0.1) is 0 Å². The molecule has 3 heteroatoms. The Morgan fingerprint density at radius 3 is 1.78 bits per heavy atom. The third kappa shape index (κ3) is 4.05. The van der Waals surface area contributed by atoms with Crippen LogP contribution in [0.25, 0.3) is 0 Å². The number of ether oxygens (including phenoxy) is 1. The van der Waals surface area contributed by atoms with Crippen LogP contribution in [0.5, 0.6) is 11.5 Å². The van der Waals surface area contributed by atoms with E-state index in [-0.39, 0.29) is 11.1 Å². The molecular weight excluding hydrogens is 240 g/mol. The van der Waals surface area contributed by atoms with Gasteiger partial charge in [-0.3, -0.25) is 0 Å². The molecule has 0 aliphatic carbocycles. The van der Waals surface area contributed by atoms with Crippen LogP contribution in [0.1, 0.15) is 34.6 Å². The van der Waals surface area contributed by atoms with E-state index in [9.17, 15) is 0 Å². The zero-order valence-corrected chi connectivity index (χ0v) is 13.7. The SMILES string of the molecule is CC(C)Oc1ccc(O[Si](C)(C)C(C)(C)C)cc1. The molecule has 0 aliphatic heterocycles. The fraction of sp³-hybridized carbons (Fsp3) is 0.600. The van der Waals surface area contributed by atoms with E-state index < -0.39 is 8.32 Å². The number of rotatable bonds is 4. The van der Waals surface area contributed by atoms with E-state index in [0.29, 0.717) is 0 Å². The quantitative estimate of drug-likeness (QED) is 0.725. The molecule has 1 aromatic rings. The van der Waals surface area contributed by atoms with Gasteiger partial charge in [0.15, 0.2) is 0 Å². The van der Waals surface area contributed by atoms with Crippen molar-refractivity contribution in [3.8, 4) is 11.5 Å². The van der Waals surface area contributed by atoms with Crippen LogP contribution >= 0.6 is 0 Å². The summed E-state index contributed by atoms with van der Waals surface area (Å²) in [5, 5.41) is 0.222. The van der Waals surface area contributed by atoms with Crippen molar-refractivity contribution in [3.63, 3.8) is 0 Å². The molecule has 0 N–H and O–H groups in total. The highest BCUT2D eigenvalue weighted by Gasteiger charge is 2.38. The summed E-state index contributed by atoms with van der Waals surface area (Å²) >= 11 is 0. The highest BCUT2D eigenvalue weighted by Crippen LogP contribution is 2.37. The molecule has 2 nitrogen and oxygen atoms in total. The van der Waals surface area contributed by atoms with Crippen molar-refractivity contribution in [1.29, 1.82) is 0 Å². The van der Waals surface area contributed by atoms with E-state index in [1.165, 1.54) is 0 Å². The molecule has 1 aromatic carbocycles. The summed E-state index contributed by atoms with van der Waals surface area (Å²) in [6, 6.07) is 7.95. The van der Waals surface area contributed by atoms with Crippen molar-refractivity contribution in [2.75, 3.05) is 0 Å². The molecule has 0 amide bonds. The number of benzene rings is 1. The second-order valence-corrected chi connectivity index (χ2v) is 11.2. The molecule has 18 heavy (non-hydrogen) atoms. The van der Waals surface area contributed by atoms with Gasteiger partial charge in [0, 0.05) is 0 Å². The summed E-state index contributed by atoms with van der Waals surface area (Å²) < 4.78 is 11.8. The molecular formula is C15H26O2Si. The van der Waals surface area contributed by atoms with Crippen LogP contribution in [0.2, 0.25) is 18.1 Å². The van der Waals surface area contributed by atoms with Crippen molar-refractivity contribution < 1.29 is 9.16 Å². The minimum absolute atomic E-state index is 0.206. The molecule has 0 saturated heterocycles. The maximum atomic E-state index is 6.21. The number of hydrogen-bond donors (Lipinski definition) is 0. The fourth-order valence-corrected chi connectivity index (χ4v) is 2.34. The lowest BCUT2D eigenvalue weighted by molar-refractivity contribution is 0.242. The molecule has 0 bridgehead atoms. The first-order valence-electron chi connectivity index (χ1n) is 6.57. The summed E-state index contributed by atoms with van der Waals surface area (Å²) in [5.74, 6) is 1.84. The lowest BCUT2D eigenvalue weighted by atomic mass is 10.2. The van der Waals surface area contributed by atoms with Gasteiger partial charge in [0.2, 0.25) is 8.32 Å². The van der Waals surface area contributed by atoms with Crippen LogP contribution < -0.4 is 9.16 Å². The van der Waals surface area contributed by atoms with Gasteiger partial charge < -0.3 is 9.16 Å². The summed E-state index contributed by atoms with van der Waals surface area (Å²) in [6.45, 7) is 15.3. The predicted octanol–water partition coefficient (Wildman–Crippen LogP) is 4.86. The Kier molecular flexibility index (Phi) is 4.49. The van der Waals surface area contributed by atoms with Crippen LogP contribution in [0.4, 0.5) is 0 Å². The molecule has 0 spiro atoms. The zero-order chi connectivity index (χ0) is 14.0. The largest absolute Gasteiger partial charge is 0.543 e. The summed E-state index contributed by atoms with van der Waals surface area (Å²) in [4.78, 5) is 0. The average Bonchev–Trinajstić information content (AvgIpc) is 2.18. The molecule has 0 heterocycles. The Balaban J connectivity index is 2.75. The second kappa shape index (κ2) is 5.35. The van der Waals surface area contributed by atoms with E-state index in [0.717, 1.165) is 11.5 Å². The van der Waals surface area contributed by atoms with Gasteiger partial charge in [-0.25, -0.2) is 0 Å². The first kappa shape index (κ1) is 15.1. The standard InChI is InChI=1S/C15H26O2Si/c1-12(2)16-13-8-10-14(11-9-13)17-18(6,7)15(3,4)5/h8-12H,1-7H3. The average molecular weight is 266 g/mol. The Bertz CT molecular complexity index is 374. The fourth-order valence-electron chi connectivity index (χ4n) is 1.31. The predicted molar refractivity (Wildman–Crippen MR) is 80.0 cm³/mol. The molecule has 0 aliphatic rings. The van der Waals surface area contributed by atoms with Gasteiger partial charge in [0.05, 0.1) is 6.10 Å². The summed E-state index contributed by atoms with van der Waals surface area (Å²) in [5.41, 5.74) is 0. The number of hydrogen-bond acceptors (Lipinski definition) is 2. The smallest absolute Gasteiger partial charge is 0.250 e. The molecule has 1 rings (SSSR count). The minimum atomic E-state index is -1.74. The Hall–Kier alpha value is -0.963. The van der Waals surface area contributed by atoms with E-state index in [4.69, 9.17) is 9.16 Å². The highest BCUT2D eigenvalue weighted by atomic mass is 28.4. The third-order valence-electron chi connectivity index (χ3n) is 3.37. The lowest BCUT2D eigenvalue weighted by Crippen LogP contribution is -2.43. The maximum Gasteiger partial charge on any atom is 0.250 e. The van der Waals surface area contributed by atoms with E-state index in [1.807, 2.05) is 38.1 Å². The van der Waals surface area contributed by atoms with Crippen LogP contribution in [0, 0.1) is 0 Å². The van der Waals surface area contributed by atoms with E-state index in [1.54, 1.807) is 0 Å². The van der Waals surface area contributed by atoms with Gasteiger partial charge in [-0.05, 0) is 56.2 Å². The molecule has 0 unspecified atom stereocenters. The third-order valence-corrected chi connectivity index (χ3v) is 7.73. The van der Waals surface area contributed by atoms with Gasteiger partial charge in [-0.1, -0.05) is 20.8 Å². The van der Waals surface area contributed by atoms with Crippen LogP contribution in [-0.4, -0.2) is 14.4 Å². The molecule has 0 saturated carbocycles. The van der Waals surface area contributed by atoms with Crippen LogP contribution in [0.15, 0.2) is 24.3 Å². The Morgan fingerprint density at radius 2 is 1.39 bits per heavy atom. The van der Waals surface area contributed by atoms with Gasteiger partial charge in [-0.2, -0.15) is 0 Å². The monoisotopic (exact) mass is 266 g/mol. The van der Waals surface area contributed by atoms with Crippen molar-refractivity contribution in [1.82, 2.24) is 0 Å². The zero-order valence-electron chi connectivity index (χ0n) is 12.7. The highest BCUT2D eigenvalue weighted by molar-refractivity contribution is 6.74. The summed E-state index contributed by atoms with van der Waals surface area (Å²) in [7, 11) is -1.74. The van der Waals surface area contributed by atoms with Crippen LogP contribution in [0.3, 0.4) is 0 Å². The lowest BCUT2D eigenvalue weighted by Gasteiger charge is -2.36. The minimum Gasteiger partial charge on any atom is -0.543 e. The topological polar surface area (TPSA) is 18.5 Å². The molecule has 0 aromatic heterocycles. The molecule has 0 radical (unpaired) electrons.